The lowest BCUT2D eigenvalue weighted by atomic mass is 10.2. The minimum atomic E-state index is 0.674. The molecule has 1 N–H and O–H groups in total. The van der Waals surface area contributed by atoms with E-state index in [0.29, 0.717) is 6.61 Å². The molecule has 0 aliphatic carbocycles. The second kappa shape index (κ2) is 7.77. The summed E-state index contributed by atoms with van der Waals surface area (Å²) in [5.41, 5.74) is 5.20. The van der Waals surface area contributed by atoms with E-state index in [1.165, 1.54) is 10.6 Å². The molecule has 0 atom stereocenters. The van der Waals surface area contributed by atoms with Crippen LogP contribution in [0.5, 0.6) is 5.75 Å². The Kier molecular flexibility index (Phi) is 5.48. The minimum absolute atomic E-state index is 0.674. The Morgan fingerprint density at radius 2 is 2.12 bits per heavy atom. The SMILES string of the molecule is CCOc1ccc2c(c1)S/C(=C\N/N=C/c1ccccc1Br)N2C. The molecule has 3 rings (SSSR count). The van der Waals surface area contributed by atoms with Gasteiger partial charge in [-0.2, -0.15) is 5.10 Å². The summed E-state index contributed by atoms with van der Waals surface area (Å²) in [6.45, 7) is 2.66. The van der Waals surface area contributed by atoms with Gasteiger partial charge in [0.1, 0.15) is 5.75 Å². The van der Waals surface area contributed by atoms with Crippen LogP contribution in [0.3, 0.4) is 0 Å². The predicted molar refractivity (Wildman–Crippen MR) is 105 cm³/mol. The van der Waals surface area contributed by atoms with Crippen molar-refractivity contribution < 1.29 is 4.74 Å². The summed E-state index contributed by atoms with van der Waals surface area (Å²) < 4.78 is 6.59. The summed E-state index contributed by atoms with van der Waals surface area (Å²) in [5.74, 6) is 0.901. The number of nitrogens with zero attached hydrogens (tertiary/aromatic N) is 2. The zero-order valence-corrected chi connectivity index (χ0v) is 15.9. The largest absolute Gasteiger partial charge is 0.494 e. The second-order valence-corrected chi connectivity index (χ2v) is 7.03. The van der Waals surface area contributed by atoms with Crippen LogP contribution in [0.25, 0.3) is 0 Å². The fourth-order valence-corrected chi connectivity index (χ4v) is 3.76. The molecule has 2 aromatic rings. The van der Waals surface area contributed by atoms with Crippen LogP contribution >= 0.6 is 27.7 Å². The monoisotopic (exact) mass is 403 g/mol. The van der Waals surface area contributed by atoms with Crippen molar-refractivity contribution in [3.05, 3.63) is 63.7 Å². The van der Waals surface area contributed by atoms with Gasteiger partial charge in [-0.25, -0.2) is 0 Å². The number of ether oxygens (including phenoxy) is 1. The zero-order valence-electron chi connectivity index (χ0n) is 13.5. The summed E-state index contributed by atoms with van der Waals surface area (Å²) >= 11 is 5.20. The molecule has 0 saturated carbocycles. The average molecular weight is 404 g/mol. The normalized spacial score (nSPS) is 15.1. The molecule has 124 valence electrons. The van der Waals surface area contributed by atoms with Crippen LogP contribution in [0, 0.1) is 0 Å². The number of thioether (sulfide) groups is 1. The fourth-order valence-electron chi connectivity index (χ4n) is 2.31. The second-order valence-electron chi connectivity index (χ2n) is 5.12. The fraction of sp³-hybridized carbons (Fsp3) is 0.167. The lowest BCUT2D eigenvalue weighted by Gasteiger charge is -2.13. The van der Waals surface area contributed by atoms with Crippen molar-refractivity contribution in [3.63, 3.8) is 0 Å². The van der Waals surface area contributed by atoms with Gasteiger partial charge >= 0.3 is 0 Å². The first-order valence-electron chi connectivity index (χ1n) is 7.60. The zero-order chi connectivity index (χ0) is 16.9. The van der Waals surface area contributed by atoms with E-state index in [-0.39, 0.29) is 0 Å². The van der Waals surface area contributed by atoms with Gasteiger partial charge in [0.2, 0.25) is 0 Å². The molecule has 0 saturated heterocycles. The lowest BCUT2D eigenvalue weighted by Crippen LogP contribution is -2.12. The van der Waals surface area contributed by atoms with E-state index >= 15 is 0 Å². The summed E-state index contributed by atoms with van der Waals surface area (Å²) in [7, 11) is 2.05. The maximum absolute atomic E-state index is 5.57. The standard InChI is InChI=1S/C18H18BrN3OS/c1-3-23-14-8-9-16-17(10-14)24-18(22(16)2)12-21-20-11-13-6-4-5-7-15(13)19/h4-12,21H,3H2,1-2H3/b18-12-,20-11+. The van der Waals surface area contributed by atoms with Gasteiger partial charge < -0.3 is 9.64 Å². The van der Waals surface area contributed by atoms with Crippen molar-refractivity contribution in [2.24, 2.45) is 5.10 Å². The molecule has 1 aliphatic heterocycles. The van der Waals surface area contributed by atoms with E-state index in [9.17, 15) is 0 Å². The van der Waals surface area contributed by atoms with Crippen molar-refractivity contribution in [1.82, 2.24) is 5.43 Å². The van der Waals surface area contributed by atoms with E-state index in [1.54, 1.807) is 18.0 Å². The summed E-state index contributed by atoms with van der Waals surface area (Å²) in [6, 6.07) is 14.1. The van der Waals surface area contributed by atoms with Crippen LogP contribution in [0.2, 0.25) is 0 Å². The van der Waals surface area contributed by atoms with Gasteiger partial charge in [0.05, 0.1) is 29.7 Å². The van der Waals surface area contributed by atoms with Crippen LogP contribution in [0.1, 0.15) is 12.5 Å². The number of anilines is 1. The molecule has 1 heterocycles. The first kappa shape index (κ1) is 16.9. The highest BCUT2D eigenvalue weighted by molar-refractivity contribution is 9.10. The van der Waals surface area contributed by atoms with Gasteiger partial charge in [-0.3, -0.25) is 5.43 Å². The van der Waals surface area contributed by atoms with Gasteiger partial charge in [-0.1, -0.05) is 45.9 Å². The first-order chi connectivity index (χ1) is 11.7. The van der Waals surface area contributed by atoms with Crippen LogP contribution in [-0.2, 0) is 0 Å². The van der Waals surface area contributed by atoms with Crippen molar-refractivity contribution in [3.8, 4) is 5.75 Å². The molecule has 0 aromatic heterocycles. The number of rotatable bonds is 5. The highest BCUT2D eigenvalue weighted by Crippen LogP contribution is 2.46. The minimum Gasteiger partial charge on any atom is -0.494 e. The summed E-state index contributed by atoms with van der Waals surface area (Å²) in [6.07, 6.45) is 3.69. The quantitative estimate of drug-likeness (QED) is 0.573. The predicted octanol–water partition coefficient (Wildman–Crippen LogP) is 4.81. The van der Waals surface area contributed by atoms with E-state index < -0.39 is 0 Å². The molecule has 1 aliphatic rings. The Morgan fingerprint density at radius 3 is 2.92 bits per heavy atom. The Balaban J connectivity index is 1.67. The molecule has 0 radical (unpaired) electrons. The number of fused-ring (bicyclic) bond motifs is 1. The van der Waals surface area contributed by atoms with E-state index in [1.807, 2.05) is 50.5 Å². The number of hydrogen-bond donors (Lipinski definition) is 1. The first-order valence-corrected chi connectivity index (χ1v) is 9.21. The summed E-state index contributed by atoms with van der Waals surface area (Å²) in [4.78, 5) is 3.32. The summed E-state index contributed by atoms with van der Waals surface area (Å²) in [5, 5.41) is 5.35. The molecule has 0 spiro atoms. The van der Waals surface area contributed by atoms with Crippen LogP contribution in [-0.4, -0.2) is 19.9 Å². The van der Waals surface area contributed by atoms with E-state index in [0.717, 1.165) is 20.8 Å². The Bertz CT molecular complexity index is 792. The number of nitrogens with one attached hydrogen (secondary N) is 1. The van der Waals surface area contributed by atoms with Crippen LogP contribution in [0.4, 0.5) is 5.69 Å². The Hall–Kier alpha value is -1.92. The van der Waals surface area contributed by atoms with Gasteiger partial charge in [0.25, 0.3) is 0 Å². The highest BCUT2D eigenvalue weighted by atomic mass is 79.9. The number of hydrazone groups is 1. The number of benzene rings is 2. The highest BCUT2D eigenvalue weighted by Gasteiger charge is 2.22. The van der Waals surface area contributed by atoms with Crippen molar-refractivity contribution >= 4 is 39.6 Å². The molecule has 0 bridgehead atoms. The van der Waals surface area contributed by atoms with Gasteiger partial charge in [-0.05, 0) is 31.2 Å². The average Bonchev–Trinajstić information content (AvgIpc) is 2.89. The topological polar surface area (TPSA) is 36.9 Å². The molecule has 0 unspecified atom stereocenters. The molecule has 4 nitrogen and oxygen atoms in total. The molecule has 24 heavy (non-hydrogen) atoms. The molecular formula is C18H18BrN3OS. The van der Waals surface area contributed by atoms with Gasteiger partial charge in [0, 0.05) is 22.0 Å². The van der Waals surface area contributed by atoms with E-state index in [2.05, 4.69) is 43.5 Å². The molecule has 2 aromatic carbocycles. The Labute approximate surface area is 154 Å². The van der Waals surface area contributed by atoms with Crippen molar-refractivity contribution in [2.45, 2.75) is 11.8 Å². The van der Waals surface area contributed by atoms with Crippen molar-refractivity contribution in [1.29, 1.82) is 0 Å². The lowest BCUT2D eigenvalue weighted by molar-refractivity contribution is 0.339. The Morgan fingerprint density at radius 1 is 1.29 bits per heavy atom. The van der Waals surface area contributed by atoms with E-state index in [4.69, 9.17) is 4.74 Å². The molecule has 0 fully saturated rings. The van der Waals surface area contributed by atoms with Crippen LogP contribution in [0.15, 0.2) is 68.2 Å². The number of hydrogen-bond acceptors (Lipinski definition) is 5. The smallest absolute Gasteiger partial charge is 0.120 e. The van der Waals surface area contributed by atoms with Crippen LogP contribution < -0.4 is 15.1 Å². The number of halogens is 1. The molecule has 0 amide bonds. The van der Waals surface area contributed by atoms with Gasteiger partial charge in [-0.15, -0.1) is 0 Å². The maximum Gasteiger partial charge on any atom is 0.120 e. The third-order valence-corrected chi connectivity index (χ3v) is 5.39. The maximum atomic E-state index is 5.57. The molecule has 6 heteroatoms. The third-order valence-electron chi connectivity index (χ3n) is 3.52. The molecular weight excluding hydrogens is 386 g/mol. The van der Waals surface area contributed by atoms with Crippen molar-refractivity contribution in [2.75, 3.05) is 18.6 Å². The van der Waals surface area contributed by atoms with Gasteiger partial charge in [0.15, 0.2) is 0 Å². The third kappa shape index (κ3) is 3.76.